The molecule has 1 atom stereocenters. The van der Waals surface area contributed by atoms with Crippen LogP contribution in [0.5, 0.6) is 0 Å². The number of alkyl halides is 1. The smallest absolute Gasteiger partial charge is 0.142 e. The number of halogens is 2. The second kappa shape index (κ2) is 6.10. The molecule has 0 heterocycles. The van der Waals surface area contributed by atoms with Gasteiger partial charge in [-0.15, -0.1) is 18.3 Å². The van der Waals surface area contributed by atoms with Gasteiger partial charge in [0, 0.05) is 0 Å². The van der Waals surface area contributed by atoms with E-state index in [1.165, 1.54) is 0 Å². The third-order valence-corrected chi connectivity index (χ3v) is 0.391. The average Bonchev–Trinajstić information content (AvgIpc) is 1.35. The zero-order valence-electron chi connectivity index (χ0n) is 3.94. The van der Waals surface area contributed by atoms with Gasteiger partial charge in [0.2, 0.25) is 0 Å². The molecule has 0 aromatic rings. The van der Waals surface area contributed by atoms with E-state index in [0.717, 1.165) is 0 Å². The molecule has 7 heavy (non-hydrogen) atoms. The lowest BCUT2D eigenvalue weighted by molar-refractivity contribution is 1.19. The summed E-state index contributed by atoms with van der Waals surface area (Å²) in [5.74, 6) is 5.06. The van der Waals surface area contributed by atoms with E-state index in [1.54, 1.807) is 6.92 Å². The lowest BCUT2D eigenvalue weighted by Gasteiger charge is -1.80. The third-order valence-electron chi connectivity index (χ3n) is 0.282. The van der Waals surface area contributed by atoms with Crippen molar-refractivity contribution in [2.45, 2.75) is 12.4 Å². The van der Waals surface area contributed by atoms with E-state index in [4.69, 9.17) is 17.3 Å². The summed E-state index contributed by atoms with van der Waals surface area (Å²) in [6.45, 7) is 1.70. The lowest BCUT2D eigenvalue weighted by Crippen LogP contribution is -2.06. The van der Waals surface area contributed by atoms with E-state index in [1.807, 2.05) is 0 Å². The van der Waals surface area contributed by atoms with Crippen LogP contribution in [0.2, 0.25) is 0 Å². The van der Waals surface area contributed by atoms with Gasteiger partial charge in [0.05, 0.1) is 0 Å². The van der Waals surface area contributed by atoms with E-state index < -0.39 is 5.50 Å². The molecule has 0 saturated carbocycles. The van der Waals surface area contributed by atoms with Crippen LogP contribution in [0.1, 0.15) is 6.92 Å². The molecule has 42 valence electrons. The molecule has 1 nitrogen and oxygen atoms in total. The van der Waals surface area contributed by atoms with Crippen molar-refractivity contribution in [3.05, 3.63) is 0 Å². The van der Waals surface area contributed by atoms with Crippen LogP contribution in [0.15, 0.2) is 0 Å². The molecule has 0 aromatic carbocycles. The highest BCUT2D eigenvalue weighted by atomic mass is 35.5. The first-order valence-electron chi connectivity index (χ1n) is 1.59. The molecule has 0 bridgehead atoms. The summed E-state index contributed by atoms with van der Waals surface area (Å²) in [4.78, 5) is 0. The van der Waals surface area contributed by atoms with Crippen molar-refractivity contribution in [2.75, 3.05) is 0 Å². The lowest BCUT2D eigenvalue weighted by atomic mass is 10.6. The van der Waals surface area contributed by atoms with Crippen molar-refractivity contribution in [3.8, 4) is 11.8 Å². The van der Waals surface area contributed by atoms with E-state index in [2.05, 4.69) is 11.8 Å². The van der Waals surface area contributed by atoms with Gasteiger partial charge in [-0.2, -0.15) is 0 Å². The second-order valence-electron chi connectivity index (χ2n) is 0.796. The van der Waals surface area contributed by atoms with Crippen molar-refractivity contribution in [1.29, 1.82) is 0 Å². The maximum atomic E-state index is 5.18. The minimum absolute atomic E-state index is 0. The summed E-state index contributed by atoms with van der Waals surface area (Å²) in [7, 11) is 0. The van der Waals surface area contributed by atoms with Crippen molar-refractivity contribution < 1.29 is 0 Å². The number of nitrogens with two attached hydrogens (primary N) is 1. The van der Waals surface area contributed by atoms with Crippen LogP contribution >= 0.6 is 24.0 Å². The van der Waals surface area contributed by atoms with Crippen LogP contribution < -0.4 is 5.73 Å². The molecule has 3 heteroatoms. The van der Waals surface area contributed by atoms with Crippen LogP contribution in [-0.4, -0.2) is 5.50 Å². The number of hydrogen-bond donors (Lipinski definition) is 1. The van der Waals surface area contributed by atoms with Gasteiger partial charge in [0.15, 0.2) is 0 Å². The minimum atomic E-state index is -0.491. The Balaban J connectivity index is 0. The van der Waals surface area contributed by atoms with Gasteiger partial charge in [-0.25, -0.2) is 0 Å². The van der Waals surface area contributed by atoms with Gasteiger partial charge in [-0.1, -0.05) is 17.5 Å². The quantitative estimate of drug-likeness (QED) is 0.302. The topological polar surface area (TPSA) is 26.0 Å². The highest BCUT2D eigenvalue weighted by molar-refractivity contribution is 6.21. The Kier molecular flexibility index (Phi) is 8.85. The Morgan fingerprint density at radius 3 is 2.14 bits per heavy atom. The Hall–Kier alpha value is 0.100. The Morgan fingerprint density at radius 1 is 1.71 bits per heavy atom. The maximum Gasteiger partial charge on any atom is 0.142 e. The van der Waals surface area contributed by atoms with Crippen molar-refractivity contribution in [1.82, 2.24) is 0 Å². The van der Waals surface area contributed by atoms with Crippen molar-refractivity contribution in [2.24, 2.45) is 5.73 Å². The van der Waals surface area contributed by atoms with Crippen LogP contribution in [0.3, 0.4) is 0 Å². The molecule has 0 aliphatic carbocycles. The predicted molar refractivity (Wildman–Crippen MR) is 34.5 cm³/mol. The first-order valence-corrected chi connectivity index (χ1v) is 2.03. The Labute approximate surface area is 54.6 Å². The van der Waals surface area contributed by atoms with E-state index >= 15 is 0 Å². The first-order chi connectivity index (χ1) is 2.77. The fourth-order valence-corrected chi connectivity index (χ4v) is 0.247. The van der Waals surface area contributed by atoms with E-state index in [0.29, 0.717) is 0 Å². The molecule has 0 aromatic heterocycles. The number of rotatable bonds is 0. The third kappa shape index (κ3) is 10.7. The largest absolute Gasteiger partial charge is 0.305 e. The maximum absolute atomic E-state index is 5.18. The highest BCUT2D eigenvalue weighted by Gasteiger charge is 1.78. The summed E-state index contributed by atoms with van der Waals surface area (Å²) < 4.78 is 0. The molecule has 0 aliphatic rings. The molecular weight excluding hydrogens is 133 g/mol. The van der Waals surface area contributed by atoms with Crippen LogP contribution in [0, 0.1) is 11.8 Å². The zero-order valence-corrected chi connectivity index (χ0v) is 5.51. The fourth-order valence-electron chi connectivity index (χ4n) is 0.138. The standard InChI is InChI=1S/C4H6ClN.ClH/c1-2-3-4(5)6;/h4H,6H2,1H3;1H. The van der Waals surface area contributed by atoms with Gasteiger partial charge in [0.1, 0.15) is 5.50 Å². The fraction of sp³-hybridized carbons (Fsp3) is 0.500. The summed E-state index contributed by atoms with van der Waals surface area (Å²) in [6, 6.07) is 0. The summed E-state index contributed by atoms with van der Waals surface area (Å²) in [5.41, 5.74) is 4.50. The summed E-state index contributed by atoms with van der Waals surface area (Å²) in [5, 5.41) is 0. The average molecular weight is 140 g/mol. The first kappa shape index (κ1) is 10.2. The van der Waals surface area contributed by atoms with Gasteiger partial charge in [-0.05, 0) is 6.92 Å². The van der Waals surface area contributed by atoms with Gasteiger partial charge in [-0.3, -0.25) is 0 Å². The molecule has 0 radical (unpaired) electrons. The molecule has 0 fully saturated rings. The molecule has 0 spiro atoms. The van der Waals surface area contributed by atoms with Gasteiger partial charge >= 0.3 is 0 Å². The molecule has 0 aliphatic heterocycles. The van der Waals surface area contributed by atoms with Gasteiger partial charge in [0.25, 0.3) is 0 Å². The molecule has 0 rings (SSSR count). The predicted octanol–water partition coefficient (Wildman–Crippen LogP) is 0.955. The van der Waals surface area contributed by atoms with Gasteiger partial charge < -0.3 is 5.73 Å². The number of hydrogen-bond acceptors (Lipinski definition) is 1. The molecule has 0 saturated heterocycles. The zero-order chi connectivity index (χ0) is 4.99. The second-order valence-corrected chi connectivity index (χ2v) is 1.27. The summed E-state index contributed by atoms with van der Waals surface area (Å²) >= 11 is 5.18. The molecule has 0 amide bonds. The molecule has 2 N–H and O–H groups in total. The van der Waals surface area contributed by atoms with Crippen LogP contribution in [0.25, 0.3) is 0 Å². The molecular formula is C4H7Cl2N. The van der Waals surface area contributed by atoms with E-state index in [-0.39, 0.29) is 12.4 Å². The Morgan fingerprint density at radius 2 is 2.14 bits per heavy atom. The molecule has 1 unspecified atom stereocenters. The Bertz CT molecular complexity index is 79.4. The highest BCUT2D eigenvalue weighted by Crippen LogP contribution is 1.77. The normalized spacial score (nSPS) is 10.1. The van der Waals surface area contributed by atoms with Crippen molar-refractivity contribution >= 4 is 24.0 Å². The minimum Gasteiger partial charge on any atom is -0.305 e. The van der Waals surface area contributed by atoms with E-state index in [9.17, 15) is 0 Å². The van der Waals surface area contributed by atoms with Crippen LogP contribution in [-0.2, 0) is 0 Å². The SMILES string of the molecule is CC#CC(N)Cl.Cl. The monoisotopic (exact) mass is 139 g/mol. The summed E-state index contributed by atoms with van der Waals surface area (Å²) in [6.07, 6.45) is 0. The van der Waals surface area contributed by atoms with Crippen LogP contribution in [0.4, 0.5) is 0 Å². The van der Waals surface area contributed by atoms with Crippen molar-refractivity contribution in [3.63, 3.8) is 0 Å².